The Hall–Kier alpha value is -2.06. The van der Waals surface area contributed by atoms with Crippen molar-refractivity contribution in [1.82, 2.24) is 29.7 Å². The minimum absolute atomic E-state index is 0.538. The molecule has 0 radical (unpaired) electrons. The summed E-state index contributed by atoms with van der Waals surface area (Å²) in [7, 11) is 2.16. The van der Waals surface area contributed by atoms with E-state index in [9.17, 15) is 0 Å². The quantitative estimate of drug-likeness (QED) is 0.723. The Morgan fingerprint density at radius 1 is 1.26 bits per heavy atom. The zero-order valence-electron chi connectivity index (χ0n) is 13.5. The number of rotatable bonds is 4. The molecule has 0 atom stereocenters. The van der Waals surface area contributed by atoms with Crippen LogP contribution in [0.5, 0.6) is 0 Å². The average Bonchev–Trinajstić information content (AvgIpc) is 3.04. The molecule has 1 aliphatic heterocycles. The summed E-state index contributed by atoms with van der Waals surface area (Å²) in [6.45, 7) is 6.84. The van der Waals surface area contributed by atoms with Crippen LogP contribution in [-0.4, -0.2) is 55.9 Å². The Morgan fingerprint density at radius 2 is 2.09 bits per heavy atom. The van der Waals surface area contributed by atoms with Crippen LogP contribution < -0.4 is 4.90 Å². The lowest BCUT2D eigenvalue weighted by Gasteiger charge is -2.44. The van der Waals surface area contributed by atoms with Gasteiger partial charge in [0.25, 0.3) is 0 Å². The molecular weight excluding hydrogens is 310 g/mol. The van der Waals surface area contributed by atoms with Gasteiger partial charge in [-0.3, -0.25) is 4.90 Å². The van der Waals surface area contributed by atoms with Gasteiger partial charge in [-0.1, -0.05) is 0 Å². The van der Waals surface area contributed by atoms with Crippen LogP contribution in [0.25, 0.3) is 5.65 Å². The third-order valence-electron chi connectivity index (χ3n) is 4.29. The number of likely N-dealkylation sites (N-methyl/N-ethyl adjacent to an activating group) is 1. The zero-order chi connectivity index (χ0) is 16.0. The molecule has 1 saturated heterocycles. The fourth-order valence-corrected chi connectivity index (χ4v) is 3.45. The van der Waals surface area contributed by atoms with Gasteiger partial charge in [-0.05, 0) is 33.0 Å². The van der Waals surface area contributed by atoms with E-state index in [0.717, 1.165) is 47.6 Å². The molecule has 0 aromatic carbocycles. The predicted molar refractivity (Wildman–Crippen MR) is 89.8 cm³/mol. The van der Waals surface area contributed by atoms with Gasteiger partial charge in [0.2, 0.25) is 0 Å². The van der Waals surface area contributed by atoms with Crippen molar-refractivity contribution >= 4 is 22.8 Å². The second-order valence-corrected chi connectivity index (χ2v) is 7.10. The van der Waals surface area contributed by atoms with E-state index >= 15 is 0 Å². The van der Waals surface area contributed by atoms with Gasteiger partial charge in [-0.25, -0.2) is 4.98 Å². The van der Waals surface area contributed by atoms with E-state index in [1.807, 2.05) is 26.0 Å². The Morgan fingerprint density at radius 3 is 2.83 bits per heavy atom. The minimum Gasteiger partial charge on any atom is -0.352 e. The molecule has 0 unspecified atom stereocenters. The standard InChI is InChI=1S/C15H19N7S/c1-10-17-18-14-4-5-15(19-22(10)14)21-7-13(8-21)20(3)6-12-9-23-11(2)16-12/h4-5,9,13H,6-8H2,1-3H3. The number of hydrogen-bond acceptors (Lipinski definition) is 7. The predicted octanol–water partition coefficient (Wildman–Crippen LogP) is 1.52. The minimum atomic E-state index is 0.538. The fourth-order valence-electron chi connectivity index (χ4n) is 2.84. The maximum atomic E-state index is 4.63. The van der Waals surface area contributed by atoms with Crippen molar-refractivity contribution in [2.24, 2.45) is 0 Å². The molecule has 1 aliphatic rings. The van der Waals surface area contributed by atoms with E-state index in [1.54, 1.807) is 15.9 Å². The number of nitrogens with zero attached hydrogens (tertiary/aromatic N) is 7. The van der Waals surface area contributed by atoms with Crippen molar-refractivity contribution < 1.29 is 0 Å². The second kappa shape index (κ2) is 5.54. The van der Waals surface area contributed by atoms with E-state index < -0.39 is 0 Å². The lowest BCUT2D eigenvalue weighted by atomic mass is 10.1. The molecule has 4 rings (SSSR count). The van der Waals surface area contributed by atoms with Crippen molar-refractivity contribution in [2.45, 2.75) is 26.4 Å². The van der Waals surface area contributed by atoms with Crippen molar-refractivity contribution in [1.29, 1.82) is 0 Å². The monoisotopic (exact) mass is 329 g/mol. The molecular formula is C15H19N7S. The van der Waals surface area contributed by atoms with E-state index in [1.165, 1.54) is 0 Å². The summed E-state index contributed by atoms with van der Waals surface area (Å²) in [5.74, 6) is 1.80. The highest BCUT2D eigenvalue weighted by atomic mass is 32.1. The van der Waals surface area contributed by atoms with E-state index in [-0.39, 0.29) is 0 Å². The summed E-state index contributed by atoms with van der Waals surface area (Å²) < 4.78 is 1.80. The van der Waals surface area contributed by atoms with Crippen LogP contribution in [0.15, 0.2) is 17.5 Å². The van der Waals surface area contributed by atoms with Gasteiger partial charge < -0.3 is 4.90 Å². The second-order valence-electron chi connectivity index (χ2n) is 6.04. The smallest absolute Gasteiger partial charge is 0.178 e. The number of fused-ring (bicyclic) bond motifs is 1. The Labute approximate surface area is 138 Å². The highest BCUT2D eigenvalue weighted by molar-refractivity contribution is 7.09. The maximum absolute atomic E-state index is 4.63. The van der Waals surface area contributed by atoms with Gasteiger partial charge in [-0.15, -0.1) is 26.6 Å². The Bertz CT molecular complexity index is 833. The van der Waals surface area contributed by atoms with E-state index in [4.69, 9.17) is 0 Å². The summed E-state index contributed by atoms with van der Waals surface area (Å²) in [4.78, 5) is 9.19. The molecule has 0 saturated carbocycles. The number of aryl methyl sites for hydroxylation is 2. The molecule has 1 fully saturated rings. The van der Waals surface area contributed by atoms with Crippen molar-refractivity contribution in [3.05, 3.63) is 34.0 Å². The molecule has 23 heavy (non-hydrogen) atoms. The maximum Gasteiger partial charge on any atom is 0.178 e. The molecule has 4 heterocycles. The largest absolute Gasteiger partial charge is 0.352 e. The molecule has 0 amide bonds. The molecule has 0 aliphatic carbocycles. The van der Waals surface area contributed by atoms with Gasteiger partial charge in [-0.2, -0.15) is 4.52 Å². The Kier molecular flexibility index (Phi) is 3.50. The van der Waals surface area contributed by atoms with Crippen LogP contribution in [0, 0.1) is 13.8 Å². The highest BCUT2D eigenvalue weighted by Gasteiger charge is 2.31. The van der Waals surface area contributed by atoms with E-state index in [0.29, 0.717) is 6.04 Å². The lowest BCUT2D eigenvalue weighted by molar-refractivity contribution is 0.195. The molecule has 0 spiro atoms. The molecule has 120 valence electrons. The lowest BCUT2D eigenvalue weighted by Crippen LogP contribution is -2.58. The van der Waals surface area contributed by atoms with Crippen LogP contribution in [0.3, 0.4) is 0 Å². The fraction of sp³-hybridized carbons (Fsp3) is 0.467. The summed E-state index contributed by atoms with van der Waals surface area (Å²) >= 11 is 1.71. The van der Waals surface area contributed by atoms with E-state index in [2.05, 4.69) is 42.5 Å². The van der Waals surface area contributed by atoms with Crippen LogP contribution >= 0.6 is 11.3 Å². The molecule has 3 aromatic heterocycles. The van der Waals surface area contributed by atoms with Gasteiger partial charge in [0.05, 0.1) is 10.7 Å². The van der Waals surface area contributed by atoms with Gasteiger partial charge >= 0.3 is 0 Å². The average molecular weight is 329 g/mol. The molecule has 3 aromatic rings. The SMILES string of the molecule is Cc1nc(CN(C)C2CN(c3ccc4nnc(C)n4n3)C2)cs1. The summed E-state index contributed by atoms with van der Waals surface area (Å²) in [6.07, 6.45) is 0. The number of thiazole rings is 1. The topological polar surface area (TPSA) is 62.5 Å². The van der Waals surface area contributed by atoms with Crippen molar-refractivity contribution in [3.63, 3.8) is 0 Å². The first-order valence-electron chi connectivity index (χ1n) is 7.65. The molecule has 0 N–H and O–H groups in total. The molecule has 8 heteroatoms. The number of hydrogen-bond donors (Lipinski definition) is 0. The van der Waals surface area contributed by atoms with Gasteiger partial charge in [0.15, 0.2) is 11.5 Å². The molecule has 0 bridgehead atoms. The third-order valence-corrected chi connectivity index (χ3v) is 5.11. The Balaban J connectivity index is 1.40. The first-order valence-corrected chi connectivity index (χ1v) is 8.53. The number of aromatic nitrogens is 5. The zero-order valence-corrected chi connectivity index (χ0v) is 14.3. The molecule has 7 nitrogen and oxygen atoms in total. The van der Waals surface area contributed by atoms with Gasteiger partial charge in [0, 0.05) is 31.1 Å². The van der Waals surface area contributed by atoms with Crippen LogP contribution in [0.2, 0.25) is 0 Å². The normalized spacial score (nSPS) is 15.6. The summed E-state index contributed by atoms with van der Waals surface area (Å²) in [5, 5.41) is 16.0. The van der Waals surface area contributed by atoms with Crippen LogP contribution in [0.1, 0.15) is 16.5 Å². The highest BCUT2D eigenvalue weighted by Crippen LogP contribution is 2.22. The van der Waals surface area contributed by atoms with Crippen molar-refractivity contribution in [3.8, 4) is 0 Å². The van der Waals surface area contributed by atoms with Gasteiger partial charge in [0.1, 0.15) is 5.82 Å². The van der Waals surface area contributed by atoms with Crippen LogP contribution in [-0.2, 0) is 6.54 Å². The first-order chi connectivity index (χ1) is 11.1. The summed E-state index contributed by atoms with van der Waals surface area (Å²) in [5.41, 5.74) is 1.95. The number of anilines is 1. The summed E-state index contributed by atoms with van der Waals surface area (Å²) in [6, 6.07) is 4.53. The first kappa shape index (κ1) is 14.5. The third kappa shape index (κ3) is 2.68. The van der Waals surface area contributed by atoms with Crippen LogP contribution in [0.4, 0.5) is 5.82 Å². The van der Waals surface area contributed by atoms with Crippen molar-refractivity contribution in [2.75, 3.05) is 25.0 Å².